The van der Waals surface area contributed by atoms with Crippen LogP contribution in [0.3, 0.4) is 0 Å². The van der Waals surface area contributed by atoms with E-state index in [0.717, 1.165) is 12.1 Å². The molecule has 1 heteroatoms. The molecule has 0 aliphatic heterocycles. The molecular weight excluding hydrogens is 170 g/mol. The van der Waals surface area contributed by atoms with Crippen LogP contribution in [0.15, 0.2) is 24.3 Å². The van der Waals surface area contributed by atoms with E-state index in [0.29, 0.717) is 0 Å². The van der Waals surface area contributed by atoms with Crippen molar-refractivity contribution in [2.24, 2.45) is 0 Å². The highest BCUT2D eigenvalue weighted by atomic mass is 14.6. The van der Waals surface area contributed by atoms with Gasteiger partial charge in [0.25, 0.3) is 0 Å². The summed E-state index contributed by atoms with van der Waals surface area (Å²) in [5, 5.41) is 0. The van der Waals surface area contributed by atoms with Gasteiger partial charge >= 0.3 is 0 Å². The molecule has 0 unspecified atom stereocenters. The molecular formula is C13H17N. The highest BCUT2D eigenvalue weighted by Crippen LogP contribution is 2.14. The summed E-state index contributed by atoms with van der Waals surface area (Å²) in [4.78, 5) is 3.37. The molecule has 0 radical (unpaired) electrons. The maximum absolute atomic E-state index is 6.83. The molecule has 74 valence electrons. The summed E-state index contributed by atoms with van der Waals surface area (Å²) in [6.07, 6.45) is 6.36. The maximum atomic E-state index is 6.83. The Balaban J connectivity index is 2.33. The van der Waals surface area contributed by atoms with Gasteiger partial charge in [-0.2, -0.15) is 0 Å². The molecule has 1 aromatic rings. The van der Waals surface area contributed by atoms with Crippen molar-refractivity contribution in [1.29, 1.82) is 0 Å². The lowest BCUT2D eigenvalue weighted by Gasteiger charge is -2.00. The molecule has 0 N–H and O–H groups in total. The van der Waals surface area contributed by atoms with Gasteiger partial charge in [0.15, 0.2) is 5.69 Å². The largest absolute Gasteiger partial charge is 0.238 e. The summed E-state index contributed by atoms with van der Waals surface area (Å²) in [6, 6.07) is 7.95. The molecule has 1 aromatic carbocycles. The summed E-state index contributed by atoms with van der Waals surface area (Å²) in [5.41, 5.74) is 2.09. The van der Waals surface area contributed by atoms with Crippen molar-refractivity contribution >= 4 is 5.69 Å². The third-order valence-corrected chi connectivity index (χ3v) is 2.38. The Morgan fingerprint density at radius 3 is 2.36 bits per heavy atom. The molecule has 0 saturated carbocycles. The molecule has 14 heavy (non-hydrogen) atoms. The highest BCUT2D eigenvalue weighted by molar-refractivity contribution is 5.45. The molecule has 0 aromatic heterocycles. The number of hydrogen-bond donors (Lipinski definition) is 0. The van der Waals surface area contributed by atoms with Gasteiger partial charge in [0, 0.05) is 0 Å². The first-order valence-corrected chi connectivity index (χ1v) is 5.33. The van der Waals surface area contributed by atoms with E-state index in [2.05, 4.69) is 23.9 Å². The summed E-state index contributed by atoms with van der Waals surface area (Å²) in [6.45, 7) is 9.06. The van der Waals surface area contributed by atoms with Gasteiger partial charge in [-0.05, 0) is 12.8 Å². The average molecular weight is 187 g/mol. The van der Waals surface area contributed by atoms with Gasteiger partial charge in [0.1, 0.15) is 0 Å². The van der Waals surface area contributed by atoms with Crippen LogP contribution >= 0.6 is 0 Å². The van der Waals surface area contributed by atoms with Gasteiger partial charge in [-0.1, -0.05) is 56.0 Å². The predicted octanol–water partition coefficient (Wildman–Crippen LogP) is 4.36. The van der Waals surface area contributed by atoms with Crippen molar-refractivity contribution in [3.05, 3.63) is 41.2 Å². The lowest BCUT2D eigenvalue weighted by Crippen LogP contribution is -1.84. The van der Waals surface area contributed by atoms with Crippen LogP contribution in [-0.2, 0) is 6.42 Å². The number of nitrogens with zero attached hydrogens (tertiary/aromatic N) is 1. The Labute approximate surface area is 86.6 Å². The first-order chi connectivity index (χ1) is 6.86. The molecule has 0 spiro atoms. The van der Waals surface area contributed by atoms with Crippen LogP contribution < -0.4 is 0 Å². The Bertz CT molecular complexity index is 292. The quantitative estimate of drug-likeness (QED) is 0.476. The number of benzene rings is 1. The van der Waals surface area contributed by atoms with E-state index >= 15 is 0 Å². The number of hydrogen-bond acceptors (Lipinski definition) is 0. The fourth-order valence-electron chi connectivity index (χ4n) is 1.49. The minimum absolute atomic E-state index is 0.738. The third kappa shape index (κ3) is 3.62. The monoisotopic (exact) mass is 187 g/mol. The lowest BCUT2D eigenvalue weighted by molar-refractivity contribution is 0.667. The van der Waals surface area contributed by atoms with E-state index in [4.69, 9.17) is 6.57 Å². The SMILES string of the molecule is [C-]#[N+]c1ccc(CCCCCC)cc1. The predicted molar refractivity (Wildman–Crippen MR) is 60.6 cm³/mol. The molecule has 0 fully saturated rings. The van der Waals surface area contributed by atoms with Crippen molar-refractivity contribution in [2.45, 2.75) is 39.0 Å². The van der Waals surface area contributed by atoms with Crippen molar-refractivity contribution in [3.63, 3.8) is 0 Å². The van der Waals surface area contributed by atoms with Crippen LogP contribution in [0.25, 0.3) is 4.85 Å². The zero-order chi connectivity index (χ0) is 10.2. The first kappa shape index (κ1) is 10.8. The molecule has 0 bridgehead atoms. The topological polar surface area (TPSA) is 4.36 Å². The summed E-state index contributed by atoms with van der Waals surface area (Å²) in [5.74, 6) is 0. The van der Waals surface area contributed by atoms with Crippen molar-refractivity contribution in [1.82, 2.24) is 0 Å². The van der Waals surface area contributed by atoms with E-state index in [-0.39, 0.29) is 0 Å². The van der Waals surface area contributed by atoms with Crippen LogP contribution in [0, 0.1) is 6.57 Å². The highest BCUT2D eigenvalue weighted by Gasteiger charge is 1.94. The van der Waals surface area contributed by atoms with E-state index in [1.807, 2.05) is 12.1 Å². The maximum Gasteiger partial charge on any atom is 0.187 e. The third-order valence-electron chi connectivity index (χ3n) is 2.38. The second-order valence-electron chi connectivity index (χ2n) is 3.59. The molecule has 1 nitrogen and oxygen atoms in total. The summed E-state index contributed by atoms with van der Waals surface area (Å²) in [7, 11) is 0. The molecule has 0 atom stereocenters. The number of rotatable bonds is 5. The lowest BCUT2D eigenvalue weighted by atomic mass is 10.1. The zero-order valence-electron chi connectivity index (χ0n) is 8.79. The number of aryl methyl sites for hydroxylation is 1. The molecule has 0 amide bonds. The fraction of sp³-hybridized carbons (Fsp3) is 0.462. The summed E-state index contributed by atoms with van der Waals surface area (Å²) >= 11 is 0. The van der Waals surface area contributed by atoms with E-state index in [9.17, 15) is 0 Å². The van der Waals surface area contributed by atoms with E-state index in [1.165, 1.54) is 31.2 Å². The van der Waals surface area contributed by atoms with Gasteiger partial charge in [0.2, 0.25) is 0 Å². The second-order valence-corrected chi connectivity index (χ2v) is 3.59. The smallest absolute Gasteiger partial charge is 0.187 e. The van der Waals surface area contributed by atoms with Gasteiger partial charge < -0.3 is 0 Å². The molecule has 0 heterocycles. The number of unbranched alkanes of at least 4 members (excludes halogenated alkanes) is 3. The fourth-order valence-corrected chi connectivity index (χ4v) is 1.49. The zero-order valence-corrected chi connectivity index (χ0v) is 8.79. The van der Waals surface area contributed by atoms with Crippen LogP contribution in [-0.4, -0.2) is 0 Å². The van der Waals surface area contributed by atoms with Crippen molar-refractivity contribution in [2.75, 3.05) is 0 Å². The van der Waals surface area contributed by atoms with Gasteiger partial charge in [-0.15, -0.1) is 0 Å². The van der Waals surface area contributed by atoms with Crippen LogP contribution in [0.2, 0.25) is 0 Å². The minimum atomic E-state index is 0.738. The second kappa shape index (κ2) is 6.21. The molecule has 0 aliphatic rings. The van der Waals surface area contributed by atoms with E-state index in [1.54, 1.807) is 0 Å². The first-order valence-electron chi connectivity index (χ1n) is 5.33. The molecule has 0 saturated heterocycles. The van der Waals surface area contributed by atoms with E-state index < -0.39 is 0 Å². The van der Waals surface area contributed by atoms with Crippen LogP contribution in [0.1, 0.15) is 38.2 Å². The summed E-state index contributed by atoms with van der Waals surface area (Å²) < 4.78 is 0. The molecule has 1 rings (SSSR count). The Morgan fingerprint density at radius 1 is 1.07 bits per heavy atom. The van der Waals surface area contributed by atoms with Crippen molar-refractivity contribution < 1.29 is 0 Å². The Hall–Kier alpha value is -1.29. The van der Waals surface area contributed by atoms with Crippen LogP contribution in [0.4, 0.5) is 5.69 Å². The van der Waals surface area contributed by atoms with Gasteiger partial charge in [-0.3, -0.25) is 0 Å². The standard InChI is InChI=1S/C13H17N/c1-3-4-5-6-7-12-8-10-13(14-2)11-9-12/h8-11H,3-7H2,1H3. The van der Waals surface area contributed by atoms with Gasteiger partial charge in [-0.25, -0.2) is 4.85 Å². The van der Waals surface area contributed by atoms with Crippen molar-refractivity contribution in [3.8, 4) is 0 Å². The minimum Gasteiger partial charge on any atom is -0.238 e. The molecule has 0 aliphatic carbocycles. The normalized spacial score (nSPS) is 9.71. The van der Waals surface area contributed by atoms with Gasteiger partial charge in [0.05, 0.1) is 6.57 Å². The Morgan fingerprint density at radius 2 is 1.79 bits per heavy atom. The van der Waals surface area contributed by atoms with Crippen LogP contribution in [0.5, 0.6) is 0 Å². The average Bonchev–Trinajstić information content (AvgIpc) is 2.25. The Kier molecular flexibility index (Phi) is 4.78.